The van der Waals surface area contributed by atoms with E-state index in [1.165, 1.54) is 28.0 Å². The zero-order valence-corrected chi connectivity index (χ0v) is 24.5. The highest BCUT2D eigenvalue weighted by atomic mass is 16.3. The molecule has 5 aromatic carbocycles. The molecule has 0 saturated carbocycles. The van der Waals surface area contributed by atoms with Gasteiger partial charge in [-0.25, -0.2) is 0 Å². The third kappa shape index (κ3) is 4.16. The smallest absolute Gasteiger partial charge is 0.159 e. The van der Waals surface area contributed by atoms with E-state index in [0.29, 0.717) is 0 Å². The summed E-state index contributed by atoms with van der Waals surface area (Å²) in [5, 5.41) is 2.22. The van der Waals surface area contributed by atoms with E-state index in [4.69, 9.17) is 4.42 Å². The monoisotopic (exact) mass is 576 g/mol. The summed E-state index contributed by atoms with van der Waals surface area (Å²) in [6.45, 7) is 0. The highest BCUT2D eigenvalue weighted by molar-refractivity contribution is 6.11. The highest BCUT2D eigenvalue weighted by Crippen LogP contribution is 2.47. The minimum atomic E-state index is 0.0641. The first-order valence-electron chi connectivity index (χ1n) is 15.3. The normalized spacial score (nSPS) is 15.2. The van der Waals surface area contributed by atoms with Crippen LogP contribution in [0.25, 0.3) is 61.4 Å². The standard InChI is InChI=1S/C42H28N2O/c1-2-11-28(12-3-1)32-17-8-20-39-37(32)25-30-13-4-7-19-38(30)44(39)40-21-9-18-36-35-23-22-29(26-41(35)45-42(36)40)33-15-5-6-16-34(33)31-14-10-24-43-27-31/h1-27,38H. The van der Waals surface area contributed by atoms with Crippen molar-refractivity contribution in [3.8, 4) is 33.4 Å². The lowest BCUT2D eigenvalue weighted by Crippen LogP contribution is -2.34. The van der Waals surface area contributed by atoms with Crippen LogP contribution in [0.2, 0.25) is 0 Å². The molecule has 1 aliphatic carbocycles. The number of hydrogen-bond donors (Lipinski definition) is 0. The number of rotatable bonds is 4. The average Bonchev–Trinajstić information content (AvgIpc) is 3.49. The molecular formula is C42H28N2O. The van der Waals surface area contributed by atoms with Gasteiger partial charge in [-0.3, -0.25) is 4.98 Å². The molecule has 0 spiro atoms. The quantitative estimate of drug-likeness (QED) is 0.209. The fraction of sp³-hybridized carbons (Fsp3) is 0.0238. The van der Waals surface area contributed by atoms with E-state index in [2.05, 4.69) is 156 Å². The van der Waals surface area contributed by atoms with Crippen molar-refractivity contribution in [1.29, 1.82) is 0 Å². The summed E-state index contributed by atoms with van der Waals surface area (Å²) < 4.78 is 6.84. The first-order valence-corrected chi connectivity index (χ1v) is 15.3. The third-order valence-corrected chi connectivity index (χ3v) is 9.00. The van der Waals surface area contributed by atoms with E-state index < -0.39 is 0 Å². The molecule has 2 aliphatic rings. The van der Waals surface area contributed by atoms with Crippen LogP contribution in [0.3, 0.4) is 0 Å². The molecule has 0 N–H and O–H groups in total. The number of nitrogens with zero attached hydrogens (tertiary/aromatic N) is 2. The van der Waals surface area contributed by atoms with E-state index in [1.807, 2.05) is 18.5 Å². The van der Waals surface area contributed by atoms with Crippen molar-refractivity contribution in [3.05, 3.63) is 169 Å². The van der Waals surface area contributed by atoms with Gasteiger partial charge in [-0.2, -0.15) is 0 Å². The Morgan fingerprint density at radius 2 is 1.38 bits per heavy atom. The SMILES string of the molecule is C1=CC2=Cc3c(-c4ccccc4)cccc3N(c3cccc4c3oc3cc(-c5ccccc5-c5cccnc5)ccc34)C2C=C1. The van der Waals surface area contributed by atoms with E-state index >= 15 is 0 Å². The van der Waals surface area contributed by atoms with Gasteiger partial charge < -0.3 is 9.32 Å². The second-order valence-corrected chi connectivity index (χ2v) is 11.6. The number of anilines is 2. The van der Waals surface area contributed by atoms with Gasteiger partial charge >= 0.3 is 0 Å². The lowest BCUT2D eigenvalue weighted by molar-refractivity contribution is 0.667. The number of allylic oxidation sites excluding steroid dienone is 2. The van der Waals surface area contributed by atoms with Crippen molar-refractivity contribution in [2.24, 2.45) is 0 Å². The van der Waals surface area contributed by atoms with Crippen LogP contribution in [-0.4, -0.2) is 11.0 Å². The van der Waals surface area contributed by atoms with Gasteiger partial charge in [-0.05, 0) is 69.8 Å². The summed E-state index contributed by atoms with van der Waals surface area (Å²) in [5.41, 5.74) is 13.4. The Balaban J connectivity index is 1.23. The van der Waals surface area contributed by atoms with Gasteiger partial charge in [-0.1, -0.05) is 115 Å². The first kappa shape index (κ1) is 25.6. The molecule has 7 aromatic rings. The molecule has 0 bridgehead atoms. The largest absolute Gasteiger partial charge is 0.454 e. The molecule has 9 rings (SSSR count). The van der Waals surface area contributed by atoms with Gasteiger partial charge in [0, 0.05) is 40.0 Å². The zero-order chi connectivity index (χ0) is 29.7. The molecule has 3 heterocycles. The van der Waals surface area contributed by atoms with Crippen molar-refractivity contribution < 1.29 is 4.42 Å². The number of benzene rings is 5. The Morgan fingerprint density at radius 3 is 2.24 bits per heavy atom. The van der Waals surface area contributed by atoms with Crippen molar-refractivity contribution >= 4 is 39.4 Å². The maximum atomic E-state index is 6.84. The summed E-state index contributed by atoms with van der Waals surface area (Å²) in [5.74, 6) is 0. The summed E-state index contributed by atoms with van der Waals surface area (Å²) in [4.78, 5) is 6.80. The summed E-state index contributed by atoms with van der Waals surface area (Å²) >= 11 is 0. The lowest BCUT2D eigenvalue weighted by Gasteiger charge is -2.38. The summed E-state index contributed by atoms with van der Waals surface area (Å²) in [6, 6.07) is 43.0. The van der Waals surface area contributed by atoms with E-state index in [9.17, 15) is 0 Å². The van der Waals surface area contributed by atoms with Crippen LogP contribution in [-0.2, 0) is 0 Å². The molecule has 2 aromatic heterocycles. The van der Waals surface area contributed by atoms with Crippen LogP contribution in [0.5, 0.6) is 0 Å². The van der Waals surface area contributed by atoms with Gasteiger partial charge in [-0.15, -0.1) is 0 Å². The Bertz CT molecular complexity index is 2330. The summed E-state index contributed by atoms with van der Waals surface area (Å²) in [7, 11) is 0. The molecule has 45 heavy (non-hydrogen) atoms. The second-order valence-electron chi connectivity index (χ2n) is 11.6. The molecule has 212 valence electrons. The van der Waals surface area contributed by atoms with E-state index in [0.717, 1.165) is 49.9 Å². The van der Waals surface area contributed by atoms with Gasteiger partial charge in [0.25, 0.3) is 0 Å². The van der Waals surface area contributed by atoms with Crippen LogP contribution >= 0.6 is 0 Å². The number of para-hydroxylation sites is 1. The van der Waals surface area contributed by atoms with Gasteiger partial charge in [0.1, 0.15) is 5.58 Å². The van der Waals surface area contributed by atoms with Crippen molar-refractivity contribution in [2.75, 3.05) is 4.90 Å². The van der Waals surface area contributed by atoms with E-state index in [1.54, 1.807) is 0 Å². The van der Waals surface area contributed by atoms with Crippen LogP contribution in [0, 0.1) is 0 Å². The molecule has 1 unspecified atom stereocenters. The first-order chi connectivity index (χ1) is 22.3. The number of furan rings is 1. The van der Waals surface area contributed by atoms with E-state index in [-0.39, 0.29) is 6.04 Å². The Kier molecular flexibility index (Phi) is 5.88. The molecular weight excluding hydrogens is 548 g/mol. The Labute approximate surface area is 261 Å². The Morgan fingerprint density at radius 1 is 0.600 bits per heavy atom. The van der Waals surface area contributed by atoms with Crippen LogP contribution in [0.4, 0.5) is 11.4 Å². The van der Waals surface area contributed by atoms with Gasteiger partial charge in [0.05, 0.1) is 11.7 Å². The van der Waals surface area contributed by atoms with Crippen LogP contribution in [0.1, 0.15) is 5.56 Å². The predicted octanol–water partition coefficient (Wildman–Crippen LogP) is 11.0. The van der Waals surface area contributed by atoms with Crippen LogP contribution < -0.4 is 4.90 Å². The molecule has 0 radical (unpaired) electrons. The number of aromatic nitrogens is 1. The fourth-order valence-corrected chi connectivity index (χ4v) is 6.94. The minimum Gasteiger partial charge on any atom is -0.454 e. The topological polar surface area (TPSA) is 29.3 Å². The third-order valence-electron chi connectivity index (χ3n) is 9.00. The average molecular weight is 577 g/mol. The molecule has 0 amide bonds. The molecule has 1 aliphatic heterocycles. The number of pyridine rings is 1. The Hall–Kier alpha value is -5.93. The molecule has 3 heteroatoms. The maximum Gasteiger partial charge on any atom is 0.159 e. The lowest BCUT2D eigenvalue weighted by atomic mass is 9.87. The van der Waals surface area contributed by atoms with Crippen molar-refractivity contribution in [2.45, 2.75) is 6.04 Å². The van der Waals surface area contributed by atoms with Gasteiger partial charge in [0.2, 0.25) is 0 Å². The minimum absolute atomic E-state index is 0.0641. The second kappa shape index (κ2) is 10.4. The van der Waals surface area contributed by atoms with Crippen molar-refractivity contribution in [3.63, 3.8) is 0 Å². The molecule has 1 atom stereocenters. The maximum absolute atomic E-state index is 6.84. The highest BCUT2D eigenvalue weighted by Gasteiger charge is 2.31. The van der Waals surface area contributed by atoms with Crippen molar-refractivity contribution in [1.82, 2.24) is 4.98 Å². The zero-order valence-electron chi connectivity index (χ0n) is 24.5. The predicted molar refractivity (Wildman–Crippen MR) is 186 cm³/mol. The van der Waals surface area contributed by atoms with Crippen LogP contribution in [0.15, 0.2) is 168 Å². The molecule has 0 saturated heterocycles. The molecule has 0 fully saturated rings. The number of hydrogen-bond acceptors (Lipinski definition) is 3. The number of fused-ring (bicyclic) bond motifs is 5. The fourth-order valence-electron chi connectivity index (χ4n) is 6.94. The summed E-state index contributed by atoms with van der Waals surface area (Å²) in [6.07, 6.45) is 14.9. The van der Waals surface area contributed by atoms with Gasteiger partial charge in [0.15, 0.2) is 5.58 Å². The molecule has 3 nitrogen and oxygen atoms in total.